The maximum absolute atomic E-state index is 12.3. The lowest BCUT2D eigenvalue weighted by molar-refractivity contribution is 0.0935. The number of hydrogen-bond donors (Lipinski definition) is 1. The average molecular weight is 311 g/mol. The zero-order valence-electron chi connectivity index (χ0n) is 13.7. The fourth-order valence-corrected chi connectivity index (χ4v) is 2.58. The number of amides is 1. The predicted molar refractivity (Wildman–Crippen MR) is 90.8 cm³/mol. The molecule has 3 rings (SSSR count). The fraction of sp³-hybridized carbons (Fsp3) is 0.333. The SMILES string of the molecule is CC1=NN(c2ccc(C(=O)NC(C)c3ccc(C)o3)cc2)CC1. The summed E-state index contributed by atoms with van der Waals surface area (Å²) in [4.78, 5) is 12.3. The summed E-state index contributed by atoms with van der Waals surface area (Å²) in [5, 5.41) is 9.37. The highest BCUT2D eigenvalue weighted by atomic mass is 16.3. The molecule has 5 nitrogen and oxygen atoms in total. The van der Waals surface area contributed by atoms with Crippen LogP contribution in [-0.4, -0.2) is 18.2 Å². The van der Waals surface area contributed by atoms with Crippen LogP contribution < -0.4 is 10.3 Å². The Morgan fingerprint density at radius 2 is 1.96 bits per heavy atom. The van der Waals surface area contributed by atoms with Crippen LogP contribution in [0.5, 0.6) is 0 Å². The standard InChI is InChI=1S/C18H21N3O2/c1-12-10-11-21(20-12)16-7-5-15(6-8-16)18(22)19-14(3)17-9-4-13(2)23-17/h4-9,14H,10-11H2,1-3H3,(H,19,22). The van der Waals surface area contributed by atoms with E-state index in [-0.39, 0.29) is 11.9 Å². The van der Waals surface area contributed by atoms with Crippen molar-refractivity contribution in [3.8, 4) is 0 Å². The van der Waals surface area contributed by atoms with E-state index >= 15 is 0 Å². The summed E-state index contributed by atoms with van der Waals surface area (Å²) < 4.78 is 5.54. The van der Waals surface area contributed by atoms with Gasteiger partial charge < -0.3 is 9.73 Å². The number of aryl methyl sites for hydroxylation is 1. The number of hydrazone groups is 1. The second-order valence-corrected chi connectivity index (χ2v) is 5.90. The molecule has 0 saturated carbocycles. The summed E-state index contributed by atoms with van der Waals surface area (Å²) in [6.45, 7) is 6.72. The topological polar surface area (TPSA) is 57.8 Å². The number of carbonyl (C=O) groups excluding carboxylic acids is 1. The van der Waals surface area contributed by atoms with Gasteiger partial charge in [-0.15, -0.1) is 0 Å². The largest absolute Gasteiger partial charge is 0.464 e. The zero-order chi connectivity index (χ0) is 16.4. The van der Waals surface area contributed by atoms with Crippen LogP contribution in [0.2, 0.25) is 0 Å². The summed E-state index contributed by atoms with van der Waals surface area (Å²) in [5.74, 6) is 1.49. The van der Waals surface area contributed by atoms with Gasteiger partial charge in [0.25, 0.3) is 5.91 Å². The second-order valence-electron chi connectivity index (χ2n) is 5.90. The van der Waals surface area contributed by atoms with Crippen molar-refractivity contribution >= 4 is 17.3 Å². The highest BCUT2D eigenvalue weighted by Crippen LogP contribution is 2.21. The molecule has 1 aromatic heterocycles. The quantitative estimate of drug-likeness (QED) is 0.937. The lowest BCUT2D eigenvalue weighted by Gasteiger charge is -2.15. The Morgan fingerprint density at radius 3 is 2.52 bits per heavy atom. The predicted octanol–water partition coefficient (Wildman–Crippen LogP) is 3.67. The minimum atomic E-state index is -0.165. The van der Waals surface area contributed by atoms with Crippen LogP contribution in [0.3, 0.4) is 0 Å². The first kappa shape index (κ1) is 15.3. The van der Waals surface area contributed by atoms with Crippen molar-refractivity contribution in [3.63, 3.8) is 0 Å². The van der Waals surface area contributed by atoms with Gasteiger partial charge in [0, 0.05) is 24.2 Å². The highest BCUT2D eigenvalue weighted by molar-refractivity contribution is 5.94. The normalized spacial score (nSPS) is 15.4. The fourth-order valence-electron chi connectivity index (χ4n) is 2.58. The molecule has 0 spiro atoms. The Labute approximate surface area is 136 Å². The molecule has 0 saturated heterocycles. The van der Waals surface area contributed by atoms with Gasteiger partial charge in [0.2, 0.25) is 0 Å². The molecule has 23 heavy (non-hydrogen) atoms. The van der Waals surface area contributed by atoms with Crippen molar-refractivity contribution < 1.29 is 9.21 Å². The van der Waals surface area contributed by atoms with E-state index in [1.807, 2.05) is 62.2 Å². The van der Waals surface area contributed by atoms with E-state index in [2.05, 4.69) is 10.4 Å². The zero-order valence-corrected chi connectivity index (χ0v) is 13.7. The van der Waals surface area contributed by atoms with Gasteiger partial charge in [-0.3, -0.25) is 9.80 Å². The molecule has 2 aromatic rings. The molecule has 1 unspecified atom stereocenters. The van der Waals surface area contributed by atoms with E-state index in [9.17, 15) is 4.79 Å². The molecule has 0 radical (unpaired) electrons. The smallest absolute Gasteiger partial charge is 0.251 e. The van der Waals surface area contributed by atoms with Crippen LogP contribution in [0.1, 0.15) is 48.2 Å². The van der Waals surface area contributed by atoms with E-state index < -0.39 is 0 Å². The molecule has 1 aromatic carbocycles. The first-order valence-corrected chi connectivity index (χ1v) is 7.82. The van der Waals surface area contributed by atoms with Crippen LogP contribution >= 0.6 is 0 Å². The van der Waals surface area contributed by atoms with Crippen LogP contribution in [0, 0.1) is 6.92 Å². The molecule has 1 amide bonds. The Kier molecular flexibility index (Phi) is 4.19. The summed E-state index contributed by atoms with van der Waals surface area (Å²) in [7, 11) is 0. The Balaban J connectivity index is 1.66. The van der Waals surface area contributed by atoms with Crippen molar-refractivity contribution in [1.82, 2.24) is 5.32 Å². The number of carbonyl (C=O) groups is 1. The minimum Gasteiger partial charge on any atom is -0.464 e. The van der Waals surface area contributed by atoms with E-state index in [0.29, 0.717) is 5.56 Å². The van der Waals surface area contributed by atoms with Crippen molar-refractivity contribution in [3.05, 3.63) is 53.5 Å². The summed E-state index contributed by atoms with van der Waals surface area (Å²) in [6.07, 6.45) is 0.988. The van der Waals surface area contributed by atoms with Crippen molar-refractivity contribution in [2.45, 2.75) is 33.2 Å². The maximum atomic E-state index is 12.3. The minimum absolute atomic E-state index is 0.112. The molecule has 0 bridgehead atoms. The molecule has 1 aliphatic heterocycles. The average Bonchev–Trinajstić information content (AvgIpc) is 3.16. The van der Waals surface area contributed by atoms with E-state index in [0.717, 1.165) is 35.9 Å². The number of nitrogens with one attached hydrogen (secondary N) is 1. The number of hydrogen-bond acceptors (Lipinski definition) is 4. The van der Waals surface area contributed by atoms with Crippen molar-refractivity contribution in [2.24, 2.45) is 5.10 Å². The third kappa shape index (κ3) is 3.44. The second kappa shape index (κ2) is 6.28. The van der Waals surface area contributed by atoms with E-state index in [1.54, 1.807) is 0 Å². The Hall–Kier alpha value is -2.56. The Morgan fingerprint density at radius 1 is 1.22 bits per heavy atom. The van der Waals surface area contributed by atoms with Crippen molar-refractivity contribution in [1.29, 1.82) is 0 Å². The lowest BCUT2D eigenvalue weighted by Crippen LogP contribution is -2.26. The third-order valence-electron chi connectivity index (χ3n) is 3.94. The first-order valence-electron chi connectivity index (χ1n) is 7.82. The number of anilines is 1. The van der Waals surface area contributed by atoms with Gasteiger partial charge in [0.1, 0.15) is 11.5 Å². The van der Waals surface area contributed by atoms with Crippen molar-refractivity contribution in [2.75, 3.05) is 11.6 Å². The maximum Gasteiger partial charge on any atom is 0.251 e. The third-order valence-corrected chi connectivity index (χ3v) is 3.94. The number of benzene rings is 1. The van der Waals surface area contributed by atoms with Crippen LogP contribution in [-0.2, 0) is 0 Å². The molecule has 5 heteroatoms. The van der Waals surface area contributed by atoms with Gasteiger partial charge in [-0.2, -0.15) is 5.10 Å². The number of rotatable bonds is 4. The van der Waals surface area contributed by atoms with Gasteiger partial charge in [-0.25, -0.2) is 0 Å². The van der Waals surface area contributed by atoms with E-state index in [4.69, 9.17) is 4.42 Å². The number of nitrogens with zero attached hydrogens (tertiary/aromatic N) is 2. The summed E-state index contributed by atoms with van der Waals surface area (Å²) in [5.41, 5.74) is 2.77. The molecule has 1 aliphatic rings. The molecule has 2 heterocycles. The van der Waals surface area contributed by atoms with Gasteiger partial charge in [-0.1, -0.05) is 0 Å². The molecule has 0 aliphatic carbocycles. The summed E-state index contributed by atoms with van der Waals surface area (Å²) in [6, 6.07) is 11.1. The first-order chi connectivity index (χ1) is 11.0. The monoisotopic (exact) mass is 311 g/mol. The van der Waals surface area contributed by atoms with Crippen LogP contribution in [0.25, 0.3) is 0 Å². The molecule has 120 valence electrons. The highest BCUT2D eigenvalue weighted by Gasteiger charge is 2.16. The van der Waals surface area contributed by atoms with Gasteiger partial charge in [0.05, 0.1) is 11.7 Å². The van der Waals surface area contributed by atoms with Crippen LogP contribution in [0.15, 0.2) is 45.9 Å². The molecule has 0 fully saturated rings. The van der Waals surface area contributed by atoms with Gasteiger partial charge in [0.15, 0.2) is 0 Å². The molecule has 1 atom stereocenters. The molecule has 1 N–H and O–H groups in total. The molecular weight excluding hydrogens is 290 g/mol. The van der Waals surface area contributed by atoms with Gasteiger partial charge >= 0.3 is 0 Å². The van der Waals surface area contributed by atoms with E-state index in [1.165, 1.54) is 0 Å². The Bertz CT molecular complexity index is 731. The van der Waals surface area contributed by atoms with Gasteiger partial charge in [-0.05, 0) is 57.2 Å². The van der Waals surface area contributed by atoms with Crippen LogP contribution in [0.4, 0.5) is 5.69 Å². The summed E-state index contributed by atoms with van der Waals surface area (Å²) >= 11 is 0. The molecular formula is C18H21N3O2. The lowest BCUT2D eigenvalue weighted by atomic mass is 10.1. The number of furan rings is 1.